The van der Waals surface area contributed by atoms with E-state index in [1.165, 1.54) is 61.0 Å². The number of rotatable bonds is 7. The van der Waals surface area contributed by atoms with E-state index in [1.807, 2.05) is 0 Å². The van der Waals surface area contributed by atoms with E-state index in [2.05, 4.69) is 231 Å². The molecule has 8 aromatic carbocycles. The van der Waals surface area contributed by atoms with Gasteiger partial charge in [-0.25, -0.2) is 9.97 Å². The molecule has 0 spiro atoms. The van der Waals surface area contributed by atoms with Crippen LogP contribution >= 0.6 is 0 Å². The van der Waals surface area contributed by atoms with Crippen molar-refractivity contribution >= 4 is 27.4 Å². The second kappa shape index (κ2) is 15.2. The van der Waals surface area contributed by atoms with Crippen LogP contribution < -0.4 is 0 Å². The average molecular weight is 820 g/mol. The summed E-state index contributed by atoms with van der Waals surface area (Å²) in [6.07, 6.45) is 8.80. The summed E-state index contributed by atoms with van der Waals surface area (Å²) in [4.78, 5) is 10.6. The lowest BCUT2D eigenvalue weighted by Crippen LogP contribution is -2.16. The first-order valence-electron chi connectivity index (χ1n) is 22.4. The Labute approximate surface area is 374 Å². The van der Waals surface area contributed by atoms with Crippen LogP contribution in [0.5, 0.6) is 0 Å². The first-order chi connectivity index (χ1) is 31.5. The summed E-state index contributed by atoms with van der Waals surface area (Å²) in [5.74, 6) is 0.716. The number of fused-ring (bicyclic) bond motifs is 6. The highest BCUT2D eigenvalue weighted by molar-refractivity contribution is 6.12. The standard InChI is InChI=1S/C61H45N3/c1-61(2)54-29-16-15-26-50(54)51-28-17-27-49(59(51)61)44-30-32-57-52(37-44)53-38-45(60-62-55(42-22-11-5-12-23-42)39-56(63-60)43-24-13-6-14-25-43)31-33-58(53)64(57)48-35-46(40-18-7-3-8-19-40)34-47(36-48)41-20-9-4-10-21-41/h3-5,7-13,15-39H,6,14H2,1-2H3. The van der Waals surface area contributed by atoms with E-state index in [1.54, 1.807) is 0 Å². The third kappa shape index (κ3) is 6.35. The van der Waals surface area contributed by atoms with Crippen molar-refractivity contribution in [3.05, 3.63) is 229 Å². The summed E-state index contributed by atoms with van der Waals surface area (Å²) in [7, 11) is 0. The Morgan fingerprint density at radius 1 is 0.438 bits per heavy atom. The van der Waals surface area contributed by atoms with Gasteiger partial charge in [0.1, 0.15) is 0 Å². The lowest BCUT2D eigenvalue weighted by molar-refractivity contribution is 0.662. The summed E-state index contributed by atoms with van der Waals surface area (Å²) in [6, 6.07) is 70.7. The molecule has 3 heteroatoms. The van der Waals surface area contributed by atoms with E-state index in [0.717, 1.165) is 63.0 Å². The molecule has 0 aliphatic heterocycles. The van der Waals surface area contributed by atoms with Gasteiger partial charge in [0.2, 0.25) is 0 Å². The zero-order valence-electron chi connectivity index (χ0n) is 36.0. The summed E-state index contributed by atoms with van der Waals surface area (Å²) >= 11 is 0. The molecular weight excluding hydrogens is 775 g/mol. The fourth-order valence-corrected chi connectivity index (χ4v) is 10.3. The minimum Gasteiger partial charge on any atom is -0.309 e. The third-order valence-electron chi connectivity index (χ3n) is 13.4. The molecule has 2 aliphatic carbocycles. The van der Waals surface area contributed by atoms with Crippen LogP contribution in [0.3, 0.4) is 0 Å². The zero-order chi connectivity index (χ0) is 42.8. The lowest BCUT2D eigenvalue weighted by Gasteiger charge is -2.24. The second-order valence-electron chi connectivity index (χ2n) is 17.7. The Bertz CT molecular complexity index is 3440. The molecule has 0 saturated heterocycles. The van der Waals surface area contributed by atoms with Gasteiger partial charge >= 0.3 is 0 Å². The van der Waals surface area contributed by atoms with E-state index >= 15 is 0 Å². The van der Waals surface area contributed by atoms with Gasteiger partial charge in [0.05, 0.1) is 22.4 Å². The molecule has 304 valence electrons. The maximum atomic E-state index is 5.30. The Morgan fingerprint density at radius 3 is 1.69 bits per heavy atom. The van der Waals surface area contributed by atoms with Crippen molar-refractivity contribution in [3.8, 4) is 72.8 Å². The minimum absolute atomic E-state index is 0.147. The Kier molecular flexibility index (Phi) is 8.98. The SMILES string of the molecule is CC1(C)c2ccccc2-c2cccc(-c3ccc4c(c3)c3cc(-c5nc(C6=CCCC=C6)cc(-c6ccccc6)n5)ccc3n4-c3cc(-c4ccccc4)cc(-c4ccccc4)c3)c21. The van der Waals surface area contributed by atoms with Gasteiger partial charge < -0.3 is 4.57 Å². The van der Waals surface area contributed by atoms with Crippen molar-refractivity contribution in [2.75, 3.05) is 0 Å². The van der Waals surface area contributed by atoms with Crippen molar-refractivity contribution in [1.82, 2.24) is 14.5 Å². The van der Waals surface area contributed by atoms with Crippen LogP contribution in [0.4, 0.5) is 0 Å². The van der Waals surface area contributed by atoms with Gasteiger partial charge in [-0.15, -0.1) is 0 Å². The molecule has 0 atom stereocenters. The Morgan fingerprint density at radius 2 is 1.02 bits per heavy atom. The number of nitrogens with zero attached hydrogens (tertiary/aromatic N) is 3. The lowest BCUT2D eigenvalue weighted by atomic mass is 9.79. The molecule has 0 amide bonds. The molecule has 0 bridgehead atoms. The van der Waals surface area contributed by atoms with Gasteiger partial charge in [-0.1, -0.05) is 172 Å². The van der Waals surface area contributed by atoms with Crippen LogP contribution in [0.2, 0.25) is 0 Å². The fraction of sp³-hybridized carbons (Fsp3) is 0.0820. The number of hydrogen-bond acceptors (Lipinski definition) is 2. The molecule has 3 nitrogen and oxygen atoms in total. The van der Waals surface area contributed by atoms with E-state index < -0.39 is 0 Å². The number of aromatic nitrogens is 3. The van der Waals surface area contributed by atoms with Crippen molar-refractivity contribution in [2.45, 2.75) is 32.1 Å². The topological polar surface area (TPSA) is 30.7 Å². The van der Waals surface area contributed by atoms with E-state index in [-0.39, 0.29) is 5.41 Å². The highest BCUT2D eigenvalue weighted by atomic mass is 15.0. The first-order valence-corrected chi connectivity index (χ1v) is 22.4. The van der Waals surface area contributed by atoms with Gasteiger partial charge in [0.15, 0.2) is 5.82 Å². The van der Waals surface area contributed by atoms with E-state index in [0.29, 0.717) is 5.82 Å². The maximum absolute atomic E-state index is 5.30. The van der Waals surface area contributed by atoms with Gasteiger partial charge in [-0.3, -0.25) is 0 Å². The Hall–Kier alpha value is -7.88. The van der Waals surface area contributed by atoms with Crippen LogP contribution in [-0.2, 0) is 5.41 Å². The molecule has 0 saturated carbocycles. The number of benzene rings is 8. The second-order valence-corrected chi connectivity index (χ2v) is 17.7. The third-order valence-corrected chi connectivity index (χ3v) is 13.4. The molecule has 12 rings (SSSR count). The molecule has 64 heavy (non-hydrogen) atoms. The summed E-state index contributed by atoms with van der Waals surface area (Å²) in [6.45, 7) is 4.75. The fourth-order valence-electron chi connectivity index (χ4n) is 10.3. The summed E-state index contributed by atoms with van der Waals surface area (Å²) < 4.78 is 2.45. The van der Waals surface area contributed by atoms with E-state index in [4.69, 9.17) is 9.97 Å². The number of hydrogen-bond donors (Lipinski definition) is 0. The monoisotopic (exact) mass is 819 g/mol. The van der Waals surface area contributed by atoms with Crippen molar-refractivity contribution in [3.63, 3.8) is 0 Å². The van der Waals surface area contributed by atoms with Crippen molar-refractivity contribution in [2.24, 2.45) is 0 Å². The summed E-state index contributed by atoms with van der Waals surface area (Å²) in [5.41, 5.74) is 20.9. The predicted molar refractivity (Wildman–Crippen MR) is 267 cm³/mol. The van der Waals surface area contributed by atoms with Crippen LogP contribution in [0.15, 0.2) is 212 Å². The highest BCUT2D eigenvalue weighted by Crippen LogP contribution is 2.52. The van der Waals surface area contributed by atoms with Crippen LogP contribution in [-0.4, -0.2) is 14.5 Å². The van der Waals surface area contributed by atoms with Crippen LogP contribution in [0.25, 0.3) is 100 Å². The molecule has 0 unspecified atom stereocenters. The number of allylic oxidation sites excluding steroid dienone is 4. The molecule has 2 heterocycles. The Balaban J connectivity index is 1.11. The van der Waals surface area contributed by atoms with Gasteiger partial charge in [-0.05, 0) is 129 Å². The average Bonchev–Trinajstić information content (AvgIpc) is 3.82. The molecule has 0 radical (unpaired) electrons. The van der Waals surface area contributed by atoms with Gasteiger partial charge in [0.25, 0.3) is 0 Å². The van der Waals surface area contributed by atoms with Gasteiger partial charge in [0, 0.05) is 33.0 Å². The van der Waals surface area contributed by atoms with Crippen molar-refractivity contribution in [1.29, 1.82) is 0 Å². The maximum Gasteiger partial charge on any atom is 0.160 e. The normalized spacial score (nSPS) is 13.8. The molecule has 0 N–H and O–H groups in total. The van der Waals surface area contributed by atoms with Crippen LogP contribution in [0, 0.1) is 0 Å². The molecule has 2 aliphatic rings. The largest absolute Gasteiger partial charge is 0.309 e. The zero-order valence-corrected chi connectivity index (χ0v) is 36.0. The highest BCUT2D eigenvalue weighted by Gasteiger charge is 2.37. The first kappa shape index (κ1) is 37.8. The minimum atomic E-state index is -0.147. The predicted octanol–water partition coefficient (Wildman–Crippen LogP) is 15.9. The van der Waals surface area contributed by atoms with E-state index in [9.17, 15) is 0 Å². The quantitative estimate of drug-likeness (QED) is 0.160. The van der Waals surface area contributed by atoms with Gasteiger partial charge in [-0.2, -0.15) is 0 Å². The van der Waals surface area contributed by atoms with Crippen LogP contribution in [0.1, 0.15) is 43.5 Å². The smallest absolute Gasteiger partial charge is 0.160 e. The molecule has 2 aromatic heterocycles. The molecular formula is C61H45N3. The van der Waals surface area contributed by atoms with Crippen molar-refractivity contribution < 1.29 is 0 Å². The molecule has 10 aromatic rings. The summed E-state index contributed by atoms with van der Waals surface area (Å²) in [5, 5.41) is 2.34. The molecule has 0 fully saturated rings.